The molecule has 0 radical (unpaired) electrons. The Morgan fingerprint density at radius 2 is 1.86 bits per heavy atom. The zero-order valence-corrected chi connectivity index (χ0v) is 9.02. The van der Waals surface area contributed by atoms with Crippen molar-refractivity contribution in [1.82, 2.24) is 0 Å². The molecule has 2 heteroatoms. The van der Waals surface area contributed by atoms with Crippen molar-refractivity contribution in [2.24, 2.45) is 0 Å². The van der Waals surface area contributed by atoms with Crippen LogP contribution in [0.2, 0.25) is 0 Å². The summed E-state index contributed by atoms with van der Waals surface area (Å²) >= 11 is 0. The van der Waals surface area contributed by atoms with Crippen molar-refractivity contribution < 1.29 is 9.13 Å². The molecule has 1 aromatic carbocycles. The summed E-state index contributed by atoms with van der Waals surface area (Å²) in [5, 5.41) is 0. The molecule has 0 aliphatic heterocycles. The van der Waals surface area contributed by atoms with E-state index in [9.17, 15) is 4.39 Å². The lowest BCUT2D eigenvalue weighted by Gasteiger charge is -2.06. The molecule has 0 saturated carbocycles. The van der Waals surface area contributed by atoms with Crippen molar-refractivity contribution >= 4 is 5.57 Å². The van der Waals surface area contributed by atoms with E-state index in [1.54, 1.807) is 6.07 Å². The van der Waals surface area contributed by atoms with E-state index in [-0.39, 0.29) is 11.6 Å². The summed E-state index contributed by atoms with van der Waals surface area (Å²) in [4.78, 5) is 0. The molecule has 1 aromatic rings. The van der Waals surface area contributed by atoms with Crippen molar-refractivity contribution in [3.05, 3.63) is 35.2 Å². The normalized spacial score (nSPS) is 9.79. The van der Waals surface area contributed by atoms with Crippen LogP contribution in [0.5, 0.6) is 5.75 Å². The highest BCUT2D eigenvalue weighted by Gasteiger charge is 2.04. The van der Waals surface area contributed by atoms with Gasteiger partial charge in [-0.2, -0.15) is 0 Å². The van der Waals surface area contributed by atoms with E-state index in [4.69, 9.17) is 4.74 Å². The monoisotopic (exact) mass is 194 g/mol. The van der Waals surface area contributed by atoms with Crippen LogP contribution in [0.1, 0.15) is 26.3 Å². The van der Waals surface area contributed by atoms with Crippen molar-refractivity contribution in [3.63, 3.8) is 0 Å². The van der Waals surface area contributed by atoms with Gasteiger partial charge in [-0.25, -0.2) is 4.39 Å². The van der Waals surface area contributed by atoms with Gasteiger partial charge in [0.1, 0.15) is 0 Å². The standard InChI is InChI=1S/C12H15FO/c1-8(2)9(3)10-5-6-12(14-4)11(13)7-10/h5-7H,1-4H3. The maximum absolute atomic E-state index is 13.3. The molecule has 76 valence electrons. The highest BCUT2D eigenvalue weighted by molar-refractivity contribution is 5.66. The van der Waals surface area contributed by atoms with Gasteiger partial charge < -0.3 is 4.74 Å². The number of methoxy groups -OCH3 is 1. The first-order valence-corrected chi connectivity index (χ1v) is 4.54. The molecule has 0 spiro atoms. The van der Waals surface area contributed by atoms with E-state index in [0.717, 1.165) is 11.1 Å². The molecule has 0 N–H and O–H groups in total. The number of ether oxygens (including phenoxy) is 1. The first kappa shape index (κ1) is 10.8. The highest BCUT2D eigenvalue weighted by Crippen LogP contribution is 2.23. The van der Waals surface area contributed by atoms with Gasteiger partial charge in [0.25, 0.3) is 0 Å². The molecule has 0 aromatic heterocycles. The fraction of sp³-hybridized carbons (Fsp3) is 0.333. The molecule has 0 saturated heterocycles. The average Bonchev–Trinajstić information content (AvgIpc) is 2.16. The number of hydrogen-bond acceptors (Lipinski definition) is 1. The summed E-state index contributed by atoms with van der Waals surface area (Å²) in [6, 6.07) is 5.02. The minimum atomic E-state index is -0.314. The molecule has 1 nitrogen and oxygen atoms in total. The Hall–Kier alpha value is -1.31. The zero-order chi connectivity index (χ0) is 10.7. The molecule has 0 bridgehead atoms. The minimum Gasteiger partial charge on any atom is -0.494 e. The molecule has 1 rings (SSSR count). The Kier molecular flexibility index (Phi) is 3.28. The van der Waals surface area contributed by atoms with Gasteiger partial charge in [0, 0.05) is 0 Å². The maximum Gasteiger partial charge on any atom is 0.165 e. The molecule has 0 unspecified atom stereocenters. The lowest BCUT2D eigenvalue weighted by atomic mass is 10.0. The van der Waals surface area contributed by atoms with Gasteiger partial charge in [0.05, 0.1) is 7.11 Å². The molecular formula is C12H15FO. The lowest BCUT2D eigenvalue weighted by molar-refractivity contribution is 0.386. The van der Waals surface area contributed by atoms with Crippen LogP contribution in [0.4, 0.5) is 4.39 Å². The van der Waals surface area contributed by atoms with E-state index < -0.39 is 0 Å². The molecule has 0 heterocycles. The summed E-state index contributed by atoms with van der Waals surface area (Å²) in [7, 11) is 1.46. The highest BCUT2D eigenvalue weighted by atomic mass is 19.1. The topological polar surface area (TPSA) is 9.23 Å². The quantitative estimate of drug-likeness (QED) is 0.698. The van der Waals surface area contributed by atoms with Crippen LogP contribution in [-0.4, -0.2) is 7.11 Å². The van der Waals surface area contributed by atoms with Gasteiger partial charge in [0.15, 0.2) is 11.6 Å². The number of benzene rings is 1. The second kappa shape index (κ2) is 4.27. The first-order chi connectivity index (χ1) is 6.56. The third-order valence-corrected chi connectivity index (χ3v) is 2.33. The summed E-state index contributed by atoms with van der Waals surface area (Å²) in [6.45, 7) is 6.01. The van der Waals surface area contributed by atoms with Crippen LogP contribution in [0.3, 0.4) is 0 Å². The fourth-order valence-electron chi connectivity index (χ4n) is 1.19. The van der Waals surface area contributed by atoms with Crippen LogP contribution in [-0.2, 0) is 0 Å². The summed E-state index contributed by atoms with van der Waals surface area (Å²) in [5.41, 5.74) is 3.20. The Labute approximate surface area is 84.2 Å². The van der Waals surface area contributed by atoms with Crippen LogP contribution in [0, 0.1) is 5.82 Å². The van der Waals surface area contributed by atoms with Crippen molar-refractivity contribution in [1.29, 1.82) is 0 Å². The van der Waals surface area contributed by atoms with Crippen molar-refractivity contribution in [2.75, 3.05) is 7.11 Å². The van der Waals surface area contributed by atoms with E-state index >= 15 is 0 Å². The van der Waals surface area contributed by atoms with Gasteiger partial charge in [-0.15, -0.1) is 0 Å². The van der Waals surface area contributed by atoms with E-state index in [2.05, 4.69) is 0 Å². The summed E-state index contributed by atoms with van der Waals surface area (Å²) < 4.78 is 18.2. The molecule has 0 aliphatic rings. The van der Waals surface area contributed by atoms with E-state index in [0.29, 0.717) is 0 Å². The van der Waals surface area contributed by atoms with Crippen molar-refractivity contribution in [3.8, 4) is 5.75 Å². The predicted molar refractivity (Wildman–Crippen MR) is 56.9 cm³/mol. The largest absolute Gasteiger partial charge is 0.494 e. The number of halogens is 1. The second-order valence-electron chi connectivity index (χ2n) is 3.47. The SMILES string of the molecule is COc1ccc(C(C)=C(C)C)cc1F. The average molecular weight is 194 g/mol. The van der Waals surface area contributed by atoms with E-state index in [1.807, 2.05) is 26.8 Å². The lowest BCUT2D eigenvalue weighted by Crippen LogP contribution is -1.90. The summed E-state index contributed by atoms with van der Waals surface area (Å²) in [6.07, 6.45) is 0. The number of allylic oxidation sites excluding steroid dienone is 2. The second-order valence-corrected chi connectivity index (χ2v) is 3.47. The number of rotatable bonds is 2. The van der Waals surface area contributed by atoms with Gasteiger partial charge in [-0.05, 0) is 44.0 Å². The van der Waals surface area contributed by atoms with E-state index in [1.165, 1.54) is 18.7 Å². The molecule has 0 fully saturated rings. The maximum atomic E-state index is 13.3. The van der Waals surface area contributed by atoms with Crippen molar-refractivity contribution in [2.45, 2.75) is 20.8 Å². The van der Waals surface area contributed by atoms with Crippen LogP contribution >= 0.6 is 0 Å². The van der Waals surface area contributed by atoms with Crippen LogP contribution in [0.25, 0.3) is 5.57 Å². The van der Waals surface area contributed by atoms with Crippen LogP contribution in [0.15, 0.2) is 23.8 Å². The zero-order valence-electron chi connectivity index (χ0n) is 9.02. The van der Waals surface area contributed by atoms with Gasteiger partial charge in [-0.3, -0.25) is 0 Å². The molecule has 0 amide bonds. The Balaban J connectivity index is 3.16. The Morgan fingerprint density at radius 3 is 2.29 bits per heavy atom. The Morgan fingerprint density at radius 1 is 1.21 bits per heavy atom. The molecule has 0 atom stereocenters. The fourth-order valence-corrected chi connectivity index (χ4v) is 1.19. The Bertz CT molecular complexity index is 363. The van der Waals surface area contributed by atoms with Crippen LogP contribution < -0.4 is 4.74 Å². The summed E-state index contributed by atoms with van der Waals surface area (Å²) in [5.74, 6) is -0.0269. The molecule has 0 aliphatic carbocycles. The van der Waals surface area contributed by atoms with Gasteiger partial charge in [0.2, 0.25) is 0 Å². The third-order valence-electron chi connectivity index (χ3n) is 2.33. The van der Waals surface area contributed by atoms with Gasteiger partial charge in [-0.1, -0.05) is 11.6 Å². The first-order valence-electron chi connectivity index (χ1n) is 4.54. The molecular weight excluding hydrogens is 179 g/mol. The third kappa shape index (κ3) is 2.13. The number of hydrogen-bond donors (Lipinski definition) is 0. The minimum absolute atomic E-state index is 0.287. The predicted octanol–water partition coefficient (Wildman–Crippen LogP) is 3.65. The smallest absolute Gasteiger partial charge is 0.165 e. The van der Waals surface area contributed by atoms with Gasteiger partial charge >= 0.3 is 0 Å². The molecule has 14 heavy (non-hydrogen) atoms.